The van der Waals surface area contributed by atoms with Crippen molar-refractivity contribution in [3.63, 3.8) is 0 Å². The maximum absolute atomic E-state index is 12.0. The molecule has 0 spiro atoms. The van der Waals surface area contributed by atoms with Gasteiger partial charge in [0.25, 0.3) is 0 Å². The minimum atomic E-state index is -3.87. The molecule has 0 aliphatic rings. The fourth-order valence-corrected chi connectivity index (χ4v) is 5.78. The average Bonchev–Trinajstić information content (AvgIpc) is 2.88. The summed E-state index contributed by atoms with van der Waals surface area (Å²) in [6, 6.07) is 0. The molecule has 0 amide bonds. The van der Waals surface area contributed by atoms with Crippen LogP contribution < -0.4 is 0 Å². The molecule has 6 heteroatoms. The van der Waals surface area contributed by atoms with Crippen LogP contribution in [0.1, 0.15) is 196 Å². The van der Waals surface area contributed by atoms with Crippen LogP contribution in [-0.2, 0) is 13.6 Å². The molecule has 0 aromatic carbocycles. The summed E-state index contributed by atoms with van der Waals surface area (Å²) >= 11 is 0. The molecule has 38 heavy (non-hydrogen) atoms. The number of hydrogen-bond acceptors (Lipinski definition) is 3. The van der Waals surface area contributed by atoms with Crippen LogP contribution in [0.15, 0.2) is 0 Å². The van der Waals surface area contributed by atoms with Crippen molar-refractivity contribution in [2.24, 2.45) is 0 Å². The summed E-state index contributed by atoms with van der Waals surface area (Å²) in [5, 5.41) is 0. The fourth-order valence-electron chi connectivity index (χ4n) is 4.99. The number of phosphoric ester groups is 1. The zero-order valence-electron chi connectivity index (χ0n) is 28.0. The van der Waals surface area contributed by atoms with Crippen molar-refractivity contribution in [2.75, 3.05) is 13.2 Å². The van der Waals surface area contributed by atoms with Gasteiger partial charge in [0.2, 0.25) is 0 Å². The van der Waals surface area contributed by atoms with Crippen molar-refractivity contribution in [3.05, 3.63) is 0 Å². The summed E-state index contributed by atoms with van der Waals surface area (Å²) in [5.41, 5.74) is 0. The Morgan fingerprint density at radius 1 is 0.421 bits per heavy atom. The fraction of sp³-hybridized carbons (Fsp3) is 1.00. The molecular weight excluding hydrogens is 519 g/mol. The normalized spacial score (nSPS) is 11.7. The topological polar surface area (TPSA) is 55.8 Å². The van der Waals surface area contributed by atoms with E-state index in [1.807, 2.05) is 0 Å². The molecule has 0 saturated carbocycles. The first-order chi connectivity index (χ1) is 18.1. The number of phosphoric acid groups is 1. The Labute approximate surface area is 272 Å². The van der Waals surface area contributed by atoms with Gasteiger partial charge in [-0.3, -0.25) is 9.05 Å². The van der Waals surface area contributed by atoms with Crippen molar-refractivity contribution in [3.8, 4) is 0 Å². The molecule has 0 aliphatic heterocycles. The van der Waals surface area contributed by atoms with E-state index in [4.69, 9.17) is 9.05 Å². The van der Waals surface area contributed by atoms with Crippen LogP contribution >= 0.6 is 7.82 Å². The van der Waals surface area contributed by atoms with Crippen LogP contribution in [0.3, 0.4) is 0 Å². The average molecular weight is 589 g/mol. The minimum Gasteiger partial charge on any atom is -1.00 e. The Kier molecular flexibility index (Phi) is 37.8. The third-order valence-corrected chi connectivity index (χ3v) is 8.52. The molecular formula is C32H69CaO4P. The summed E-state index contributed by atoms with van der Waals surface area (Å²) < 4.78 is 22.3. The van der Waals surface area contributed by atoms with Crippen LogP contribution in [0, 0.1) is 0 Å². The molecule has 0 aromatic rings. The molecule has 0 bridgehead atoms. The largest absolute Gasteiger partial charge is 2.00 e. The molecule has 228 valence electrons. The Balaban J connectivity index is -0.00000216. The summed E-state index contributed by atoms with van der Waals surface area (Å²) in [4.78, 5) is 9.83. The van der Waals surface area contributed by atoms with Crippen molar-refractivity contribution in [1.29, 1.82) is 0 Å². The Morgan fingerprint density at radius 2 is 0.605 bits per heavy atom. The van der Waals surface area contributed by atoms with E-state index in [1.54, 1.807) is 0 Å². The van der Waals surface area contributed by atoms with Crippen LogP contribution in [-0.4, -0.2) is 55.8 Å². The summed E-state index contributed by atoms with van der Waals surface area (Å²) in [7, 11) is -3.87. The number of unbranched alkanes of at least 4 members (excludes halogenated alkanes) is 26. The van der Waals surface area contributed by atoms with Gasteiger partial charge in [-0.2, -0.15) is 0 Å². The predicted molar refractivity (Wildman–Crippen MR) is 170 cm³/mol. The van der Waals surface area contributed by atoms with Gasteiger partial charge in [0, 0.05) is 0 Å². The van der Waals surface area contributed by atoms with Gasteiger partial charge < -0.3 is 7.75 Å². The third kappa shape index (κ3) is 35.4. The smallest absolute Gasteiger partial charge is 1.00 e. The van der Waals surface area contributed by atoms with E-state index < -0.39 is 7.82 Å². The summed E-state index contributed by atoms with van der Waals surface area (Å²) in [6.45, 7) is 5.19. The van der Waals surface area contributed by atoms with Crippen LogP contribution in [0.4, 0.5) is 0 Å². The van der Waals surface area contributed by atoms with Crippen LogP contribution in [0.5, 0.6) is 0 Å². The van der Waals surface area contributed by atoms with E-state index in [9.17, 15) is 9.46 Å². The first kappa shape index (κ1) is 41.5. The molecule has 4 nitrogen and oxygen atoms in total. The second kappa shape index (κ2) is 34.6. The van der Waals surface area contributed by atoms with Crippen molar-refractivity contribution in [1.82, 2.24) is 0 Å². The molecule has 0 fully saturated rings. The summed E-state index contributed by atoms with van der Waals surface area (Å²) in [6.07, 6.45) is 36.4. The quantitative estimate of drug-likeness (QED) is 0.0482. The van der Waals surface area contributed by atoms with Gasteiger partial charge >= 0.3 is 45.6 Å². The number of hydrogen-bond donors (Lipinski definition) is 1. The molecule has 0 heterocycles. The van der Waals surface area contributed by atoms with Gasteiger partial charge in [-0.25, -0.2) is 4.57 Å². The van der Waals surface area contributed by atoms with E-state index in [0.717, 1.165) is 25.7 Å². The van der Waals surface area contributed by atoms with Crippen LogP contribution in [0.2, 0.25) is 0 Å². The van der Waals surface area contributed by atoms with Gasteiger partial charge in [0.1, 0.15) is 0 Å². The Hall–Kier alpha value is 1.37. The van der Waals surface area contributed by atoms with E-state index >= 15 is 0 Å². The van der Waals surface area contributed by atoms with E-state index in [1.165, 1.54) is 154 Å². The first-order valence-corrected chi connectivity index (χ1v) is 18.2. The van der Waals surface area contributed by atoms with Gasteiger partial charge in [0.05, 0.1) is 13.2 Å². The molecule has 0 unspecified atom stereocenters. The van der Waals surface area contributed by atoms with Gasteiger partial charge in [-0.15, -0.1) is 0 Å². The Bertz CT molecular complexity index is 452. The zero-order valence-corrected chi connectivity index (χ0v) is 29.1. The molecule has 1 N–H and O–H groups in total. The van der Waals surface area contributed by atoms with Crippen LogP contribution in [0.25, 0.3) is 0 Å². The molecule has 0 radical (unpaired) electrons. The van der Waals surface area contributed by atoms with Gasteiger partial charge in [0.15, 0.2) is 0 Å². The van der Waals surface area contributed by atoms with E-state index in [-0.39, 0.29) is 40.6 Å². The van der Waals surface area contributed by atoms with Gasteiger partial charge in [-0.1, -0.05) is 181 Å². The van der Waals surface area contributed by atoms with Crippen molar-refractivity contribution in [2.45, 2.75) is 194 Å². The molecule has 0 saturated heterocycles. The Morgan fingerprint density at radius 3 is 0.816 bits per heavy atom. The first-order valence-electron chi connectivity index (χ1n) is 16.7. The van der Waals surface area contributed by atoms with Crippen molar-refractivity contribution >= 4 is 45.6 Å². The van der Waals surface area contributed by atoms with E-state index in [2.05, 4.69) is 13.8 Å². The molecule has 0 rings (SSSR count). The zero-order chi connectivity index (χ0) is 27.1. The van der Waals surface area contributed by atoms with E-state index in [0.29, 0.717) is 13.2 Å². The standard InChI is InChI=1S/C32H67O4P.Ca.2H/c1-3-5-7-9-11-13-15-17-19-21-23-25-27-29-31-35-37(33,34)36-32-30-28-26-24-22-20-18-16-14-12-10-8-6-4-2;;;/h3-32H2,1-2H3,(H,33,34);;;/q;+2;2*-1. The molecule has 0 aromatic heterocycles. The maximum Gasteiger partial charge on any atom is 2.00 e. The van der Waals surface area contributed by atoms with Crippen molar-refractivity contribution < 1.29 is 21.4 Å². The predicted octanol–water partition coefficient (Wildman–Crippen LogP) is 11.9. The monoisotopic (exact) mass is 588 g/mol. The SMILES string of the molecule is CCCCCCCCCCCCCCCCOP(=O)(O)OCCCCCCCCCCCCCCCC.[Ca+2].[H-].[H-]. The second-order valence-corrected chi connectivity index (χ2v) is 12.8. The number of rotatable bonds is 32. The minimum absolute atomic E-state index is 0. The second-order valence-electron chi connectivity index (χ2n) is 11.3. The maximum atomic E-state index is 12.0. The summed E-state index contributed by atoms with van der Waals surface area (Å²) in [5.74, 6) is 0. The molecule has 0 atom stereocenters. The third-order valence-electron chi connectivity index (χ3n) is 7.50. The van der Waals surface area contributed by atoms with Gasteiger partial charge in [-0.05, 0) is 12.8 Å². The molecule has 0 aliphatic carbocycles.